The van der Waals surface area contributed by atoms with Crippen LogP contribution in [-0.2, 0) is 6.54 Å². The number of anilines is 1. The lowest BCUT2D eigenvalue weighted by molar-refractivity contribution is 0.156. The highest BCUT2D eigenvalue weighted by Gasteiger charge is 2.24. The highest BCUT2D eigenvalue weighted by molar-refractivity contribution is 6.01. The van der Waals surface area contributed by atoms with Crippen LogP contribution in [-0.4, -0.2) is 53.6 Å². The molecule has 1 aliphatic rings. The Bertz CT molecular complexity index is 685. The summed E-state index contributed by atoms with van der Waals surface area (Å²) in [6.45, 7) is 5.11. The van der Waals surface area contributed by atoms with Crippen LogP contribution in [0.1, 0.15) is 19.8 Å². The number of hydrogen-bond acceptors (Lipinski definition) is 2. The van der Waals surface area contributed by atoms with Crippen LogP contribution in [0.25, 0.3) is 10.9 Å². The molecule has 124 valence electrons. The molecule has 0 bridgehead atoms. The van der Waals surface area contributed by atoms with Crippen molar-refractivity contribution in [2.75, 3.05) is 32.5 Å². The van der Waals surface area contributed by atoms with Crippen LogP contribution < -0.4 is 5.32 Å². The van der Waals surface area contributed by atoms with Crippen LogP contribution in [0.4, 0.5) is 10.5 Å². The quantitative estimate of drug-likeness (QED) is 0.945. The van der Waals surface area contributed by atoms with Crippen molar-refractivity contribution in [1.29, 1.82) is 0 Å². The first kappa shape index (κ1) is 15.9. The molecule has 0 unspecified atom stereocenters. The second-order valence-electron chi connectivity index (χ2n) is 6.42. The van der Waals surface area contributed by atoms with Crippen molar-refractivity contribution in [3.8, 4) is 0 Å². The van der Waals surface area contributed by atoms with Crippen molar-refractivity contribution in [2.24, 2.45) is 0 Å². The molecule has 0 saturated carbocycles. The van der Waals surface area contributed by atoms with Crippen molar-refractivity contribution in [2.45, 2.75) is 32.4 Å². The summed E-state index contributed by atoms with van der Waals surface area (Å²) in [5.74, 6) is 0. The minimum Gasteiger partial charge on any atom is -0.346 e. The average molecular weight is 314 g/mol. The second kappa shape index (κ2) is 6.62. The molecule has 1 aromatic heterocycles. The maximum absolute atomic E-state index is 12.6. The Morgan fingerprint density at radius 2 is 2.00 bits per heavy atom. The average Bonchev–Trinajstić information content (AvgIpc) is 2.93. The molecule has 1 aromatic carbocycles. The molecule has 23 heavy (non-hydrogen) atoms. The van der Waals surface area contributed by atoms with E-state index in [0.29, 0.717) is 6.04 Å². The van der Waals surface area contributed by atoms with Crippen molar-refractivity contribution in [1.82, 2.24) is 14.4 Å². The third-order valence-electron chi connectivity index (χ3n) is 4.93. The number of likely N-dealkylation sites (tertiary alicyclic amines) is 1. The van der Waals surface area contributed by atoms with Crippen LogP contribution in [0.5, 0.6) is 0 Å². The number of fused-ring (bicyclic) bond motifs is 1. The summed E-state index contributed by atoms with van der Waals surface area (Å²) in [5, 5.41) is 4.20. The first-order chi connectivity index (χ1) is 11.1. The van der Waals surface area contributed by atoms with Gasteiger partial charge in [0, 0.05) is 31.2 Å². The number of carbonyl (C=O) groups is 1. The fourth-order valence-electron chi connectivity index (χ4n) is 3.36. The van der Waals surface area contributed by atoms with E-state index in [9.17, 15) is 4.79 Å². The Morgan fingerprint density at radius 3 is 2.70 bits per heavy atom. The van der Waals surface area contributed by atoms with Crippen LogP contribution in [0.2, 0.25) is 0 Å². The number of para-hydroxylation sites is 1. The minimum absolute atomic E-state index is 0.0152. The number of nitrogens with zero attached hydrogens (tertiary/aromatic N) is 3. The summed E-state index contributed by atoms with van der Waals surface area (Å²) >= 11 is 0. The summed E-state index contributed by atoms with van der Waals surface area (Å²) in [6, 6.07) is 8.51. The molecule has 0 atom stereocenters. The Kier molecular flexibility index (Phi) is 4.57. The predicted molar refractivity (Wildman–Crippen MR) is 94.9 cm³/mol. The van der Waals surface area contributed by atoms with E-state index in [2.05, 4.69) is 40.9 Å². The maximum Gasteiger partial charge on any atom is 0.321 e. The molecule has 2 aromatic rings. The summed E-state index contributed by atoms with van der Waals surface area (Å²) in [6.07, 6.45) is 4.11. The van der Waals surface area contributed by atoms with Crippen molar-refractivity contribution in [3.63, 3.8) is 0 Å². The van der Waals surface area contributed by atoms with E-state index in [1.807, 2.05) is 30.3 Å². The third-order valence-corrected chi connectivity index (χ3v) is 4.93. The number of carbonyl (C=O) groups excluding carboxylic acids is 1. The van der Waals surface area contributed by atoms with Crippen LogP contribution in [0, 0.1) is 0 Å². The lowest BCUT2D eigenvalue weighted by atomic mass is 10.0. The standard InChI is InChI=1S/C18H26N4O/c1-4-22-13-16(15-7-5-6-8-17(15)22)19-18(23)21(3)14-9-11-20(2)12-10-14/h5-8,13-14H,4,9-12H2,1-3H3,(H,19,23). The van der Waals surface area contributed by atoms with Crippen molar-refractivity contribution in [3.05, 3.63) is 30.5 Å². The zero-order chi connectivity index (χ0) is 16.4. The van der Waals surface area contributed by atoms with E-state index in [4.69, 9.17) is 0 Å². The zero-order valence-corrected chi connectivity index (χ0v) is 14.2. The minimum atomic E-state index is -0.0152. The maximum atomic E-state index is 12.6. The molecule has 1 N–H and O–H groups in total. The number of nitrogens with one attached hydrogen (secondary N) is 1. The first-order valence-corrected chi connectivity index (χ1v) is 8.40. The number of piperidine rings is 1. The van der Waals surface area contributed by atoms with Gasteiger partial charge in [-0.05, 0) is 46.0 Å². The number of urea groups is 1. The molecule has 2 amide bonds. The van der Waals surface area contributed by atoms with Gasteiger partial charge in [0.2, 0.25) is 0 Å². The fourth-order valence-corrected chi connectivity index (χ4v) is 3.36. The molecule has 3 rings (SSSR count). The molecule has 5 heteroatoms. The molecule has 5 nitrogen and oxygen atoms in total. The van der Waals surface area contributed by atoms with E-state index in [1.165, 1.54) is 0 Å². The molecule has 2 heterocycles. The monoisotopic (exact) mass is 314 g/mol. The van der Waals surface area contributed by atoms with Gasteiger partial charge >= 0.3 is 6.03 Å². The van der Waals surface area contributed by atoms with E-state index in [1.54, 1.807) is 0 Å². The number of aryl methyl sites for hydroxylation is 1. The fraction of sp³-hybridized carbons (Fsp3) is 0.500. The van der Waals surface area contributed by atoms with E-state index >= 15 is 0 Å². The number of hydrogen-bond donors (Lipinski definition) is 1. The highest BCUT2D eigenvalue weighted by Crippen LogP contribution is 2.26. The van der Waals surface area contributed by atoms with Crippen molar-refractivity contribution >= 4 is 22.6 Å². The molecule has 1 fully saturated rings. The third kappa shape index (κ3) is 3.20. The molecule has 0 aliphatic carbocycles. The first-order valence-electron chi connectivity index (χ1n) is 8.40. The summed E-state index contributed by atoms with van der Waals surface area (Å²) in [5.41, 5.74) is 2.06. The Labute approximate surface area is 137 Å². The Hall–Kier alpha value is -2.01. The van der Waals surface area contributed by atoms with Gasteiger partial charge in [0.1, 0.15) is 0 Å². The Balaban J connectivity index is 1.75. The van der Waals surface area contributed by atoms with Crippen LogP contribution >= 0.6 is 0 Å². The van der Waals surface area contributed by atoms with Gasteiger partial charge in [-0.1, -0.05) is 18.2 Å². The lowest BCUT2D eigenvalue weighted by Crippen LogP contribution is -2.46. The number of amides is 2. The van der Waals surface area contributed by atoms with E-state index in [0.717, 1.165) is 49.1 Å². The van der Waals surface area contributed by atoms with Gasteiger partial charge in [-0.25, -0.2) is 4.79 Å². The van der Waals surface area contributed by atoms with Gasteiger partial charge in [-0.3, -0.25) is 0 Å². The van der Waals surface area contributed by atoms with Gasteiger partial charge in [-0.2, -0.15) is 0 Å². The van der Waals surface area contributed by atoms with Gasteiger partial charge in [0.15, 0.2) is 0 Å². The molecule has 0 radical (unpaired) electrons. The molecule has 1 aliphatic heterocycles. The second-order valence-corrected chi connectivity index (χ2v) is 6.42. The SMILES string of the molecule is CCn1cc(NC(=O)N(C)C2CCN(C)CC2)c2ccccc21. The van der Waals surface area contributed by atoms with Crippen LogP contribution in [0.15, 0.2) is 30.5 Å². The molecular formula is C18H26N4O. The molecule has 0 spiro atoms. The number of aromatic nitrogens is 1. The van der Waals surface area contributed by atoms with E-state index in [-0.39, 0.29) is 6.03 Å². The van der Waals surface area contributed by atoms with Gasteiger partial charge < -0.3 is 19.7 Å². The largest absolute Gasteiger partial charge is 0.346 e. The number of benzene rings is 1. The zero-order valence-electron chi connectivity index (χ0n) is 14.2. The summed E-state index contributed by atoms with van der Waals surface area (Å²) in [4.78, 5) is 16.8. The summed E-state index contributed by atoms with van der Waals surface area (Å²) < 4.78 is 2.17. The van der Waals surface area contributed by atoms with E-state index < -0.39 is 0 Å². The highest BCUT2D eigenvalue weighted by atomic mass is 16.2. The molecular weight excluding hydrogens is 288 g/mol. The lowest BCUT2D eigenvalue weighted by Gasteiger charge is -2.35. The normalized spacial score (nSPS) is 16.7. The number of rotatable bonds is 3. The van der Waals surface area contributed by atoms with Gasteiger partial charge in [0.25, 0.3) is 0 Å². The topological polar surface area (TPSA) is 40.5 Å². The van der Waals surface area contributed by atoms with Gasteiger partial charge in [0.05, 0.1) is 11.2 Å². The predicted octanol–water partition coefficient (Wildman–Crippen LogP) is 3.22. The van der Waals surface area contributed by atoms with Crippen molar-refractivity contribution < 1.29 is 4.79 Å². The smallest absolute Gasteiger partial charge is 0.321 e. The van der Waals surface area contributed by atoms with Gasteiger partial charge in [-0.15, -0.1) is 0 Å². The summed E-state index contributed by atoms with van der Waals surface area (Å²) in [7, 11) is 4.04. The van der Waals surface area contributed by atoms with Crippen LogP contribution in [0.3, 0.4) is 0 Å². The molecule has 1 saturated heterocycles. The Morgan fingerprint density at radius 1 is 1.30 bits per heavy atom.